The minimum Gasteiger partial charge on any atom is -0.507 e. The topological polar surface area (TPSA) is 98.4 Å². The van der Waals surface area contributed by atoms with E-state index in [0.717, 1.165) is 0 Å². The van der Waals surface area contributed by atoms with Gasteiger partial charge >= 0.3 is 0 Å². The summed E-state index contributed by atoms with van der Waals surface area (Å²) in [5.41, 5.74) is 0.397. The molecular weight excluding hydrogens is 474 g/mol. The van der Waals surface area contributed by atoms with Crippen molar-refractivity contribution in [3.05, 3.63) is 76.2 Å². The number of ether oxygens (including phenoxy) is 3. The third-order valence-corrected chi connectivity index (χ3v) is 5.91. The zero-order chi connectivity index (χ0) is 25.3. The van der Waals surface area contributed by atoms with Crippen LogP contribution in [-0.4, -0.2) is 37.6 Å². The molecule has 3 aromatic rings. The lowest BCUT2D eigenvalue weighted by atomic mass is 9.98. The fraction of sp³-hybridized carbons (Fsp3) is 0.231. The zero-order valence-electron chi connectivity index (χ0n) is 19.6. The van der Waals surface area contributed by atoms with Gasteiger partial charge < -0.3 is 23.7 Å². The van der Waals surface area contributed by atoms with Crippen molar-refractivity contribution in [2.24, 2.45) is 0 Å². The molecule has 0 bridgehead atoms. The van der Waals surface area contributed by atoms with Crippen molar-refractivity contribution in [1.82, 2.24) is 0 Å². The van der Waals surface area contributed by atoms with Gasteiger partial charge in [0.15, 0.2) is 0 Å². The predicted octanol–water partition coefficient (Wildman–Crippen LogP) is 5.28. The summed E-state index contributed by atoms with van der Waals surface area (Å²) in [6.45, 7) is 4.03. The van der Waals surface area contributed by atoms with E-state index in [1.165, 1.54) is 31.3 Å². The van der Waals surface area contributed by atoms with E-state index in [0.29, 0.717) is 29.6 Å². The summed E-state index contributed by atoms with van der Waals surface area (Å²) < 4.78 is 22.1. The second-order valence-electron chi connectivity index (χ2n) is 7.73. The second-order valence-corrected chi connectivity index (χ2v) is 8.14. The van der Waals surface area contributed by atoms with Crippen LogP contribution < -0.4 is 19.1 Å². The highest BCUT2D eigenvalue weighted by molar-refractivity contribution is 6.51. The SMILES string of the molecule is CCOc1cccc(N2C(=O)C(=O)/C(=C(/O)c3cc(OC)c(Cl)cc3OC)C2c2ccc(C)o2)c1. The molecular formula is C26H24ClNO7. The molecule has 1 atom stereocenters. The van der Waals surface area contributed by atoms with Gasteiger partial charge in [0.1, 0.15) is 40.6 Å². The molecule has 9 heteroatoms. The fourth-order valence-corrected chi connectivity index (χ4v) is 4.28. The molecule has 2 heterocycles. The van der Waals surface area contributed by atoms with Crippen LogP contribution in [0.5, 0.6) is 17.2 Å². The van der Waals surface area contributed by atoms with Gasteiger partial charge in [-0.25, -0.2) is 0 Å². The Morgan fingerprint density at radius 2 is 1.83 bits per heavy atom. The van der Waals surface area contributed by atoms with E-state index in [9.17, 15) is 14.7 Å². The molecule has 4 rings (SSSR count). The molecule has 0 aliphatic carbocycles. The van der Waals surface area contributed by atoms with E-state index in [1.54, 1.807) is 43.3 Å². The Balaban J connectivity index is 1.96. The molecule has 1 saturated heterocycles. The molecule has 182 valence electrons. The van der Waals surface area contributed by atoms with Crippen LogP contribution in [-0.2, 0) is 9.59 Å². The van der Waals surface area contributed by atoms with Crippen LogP contribution in [0.4, 0.5) is 5.69 Å². The number of benzene rings is 2. The van der Waals surface area contributed by atoms with Crippen LogP contribution in [0, 0.1) is 6.92 Å². The molecule has 1 fully saturated rings. The number of hydrogen-bond donors (Lipinski definition) is 1. The smallest absolute Gasteiger partial charge is 0.300 e. The van der Waals surface area contributed by atoms with Crippen LogP contribution in [0.2, 0.25) is 5.02 Å². The number of ketones is 1. The monoisotopic (exact) mass is 497 g/mol. The van der Waals surface area contributed by atoms with Crippen LogP contribution in [0.25, 0.3) is 5.76 Å². The van der Waals surface area contributed by atoms with E-state index in [2.05, 4.69) is 0 Å². The second kappa shape index (κ2) is 9.76. The van der Waals surface area contributed by atoms with E-state index in [1.807, 2.05) is 6.92 Å². The van der Waals surface area contributed by atoms with Crippen LogP contribution in [0.3, 0.4) is 0 Å². The molecule has 1 N–H and O–H groups in total. The van der Waals surface area contributed by atoms with Crippen LogP contribution >= 0.6 is 11.6 Å². The number of hydrogen-bond acceptors (Lipinski definition) is 7. The molecule has 0 saturated carbocycles. The van der Waals surface area contributed by atoms with Crippen molar-refractivity contribution in [1.29, 1.82) is 0 Å². The molecule has 1 amide bonds. The van der Waals surface area contributed by atoms with Gasteiger partial charge in [0.25, 0.3) is 11.7 Å². The van der Waals surface area contributed by atoms with Gasteiger partial charge in [-0.2, -0.15) is 0 Å². The Kier molecular flexibility index (Phi) is 6.75. The minimum atomic E-state index is -1.04. The normalized spacial score (nSPS) is 17.1. The van der Waals surface area contributed by atoms with Gasteiger partial charge in [-0.3, -0.25) is 14.5 Å². The minimum absolute atomic E-state index is 0.142. The largest absolute Gasteiger partial charge is 0.507 e. The van der Waals surface area contributed by atoms with Gasteiger partial charge in [-0.15, -0.1) is 0 Å². The number of halogens is 1. The molecule has 0 radical (unpaired) electrons. The maximum Gasteiger partial charge on any atom is 0.300 e. The average molecular weight is 498 g/mol. The lowest BCUT2D eigenvalue weighted by Gasteiger charge is -2.24. The van der Waals surface area contributed by atoms with Crippen LogP contribution in [0.15, 0.2) is 58.5 Å². The van der Waals surface area contributed by atoms with Gasteiger partial charge in [0.05, 0.1) is 37.0 Å². The van der Waals surface area contributed by atoms with Gasteiger partial charge in [-0.1, -0.05) is 17.7 Å². The van der Waals surface area contributed by atoms with Crippen molar-refractivity contribution < 1.29 is 33.3 Å². The first-order valence-corrected chi connectivity index (χ1v) is 11.2. The standard InChI is InChI=1S/C26H24ClNO7/c1-5-34-16-8-6-7-15(11-16)28-23(19-10-9-14(2)35-19)22(25(30)26(28)31)24(29)17-12-21(33-4)18(27)13-20(17)32-3/h6-13,23,29H,5H2,1-4H3/b24-22+. The van der Waals surface area contributed by atoms with E-state index < -0.39 is 23.5 Å². The van der Waals surface area contributed by atoms with Gasteiger partial charge in [0, 0.05) is 17.8 Å². The Morgan fingerprint density at radius 3 is 2.46 bits per heavy atom. The first kappa shape index (κ1) is 24.2. The Bertz CT molecular complexity index is 1330. The maximum absolute atomic E-state index is 13.3. The summed E-state index contributed by atoms with van der Waals surface area (Å²) in [7, 11) is 2.83. The molecule has 1 aliphatic heterocycles. The summed E-state index contributed by atoms with van der Waals surface area (Å²) >= 11 is 6.21. The number of rotatable bonds is 7. The van der Waals surface area contributed by atoms with E-state index >= 15 is 0 Å². The van der Waals surface area contributed by atoms with E-state index in [-0.39, 0.29) is 27.7 Å². The number of furan rings is 1. The average Bonchev–Trinajstić information content (AvgIpc) is 3.39. The highest BCUT2D eigenvalue weighted by Gasteiger charge is 2.48. The van der Waals surface area contributed by atoms with Gasteiger partial charge in [-0.05, 0) is 44.2 Å². The van der Waals surface area contributed by atoms with Crippen molar-refractivity contribution in [2.75, 3.05) is 25.7 Å². The number of Topliss-reactive ketones (excluding diaryl/α,β-unsaturated/α-hetero) is 1. The third kappa shape index (κ3) is 4.33. The number of anilines is 1. The summed E-state index contributed by atoms with van der Waals surface area (Å²) in [5, 5.41) is 11.7. The lowest BCUT2D eigenvalue weighted by molar-refractivity contribution is -0.132. The van der Waals surface area contributed by atoms with Gasteiger partial charge in [0.2, 0.25) is 0 Å². The quantitative estimate of drug-likeness (QED) is 0.269. The summed E-state index contributed by atoms with van der Waals surface area (Å²) in [5.74, 6) is -0.254. The number of carbonyl (C=O) groups is 2. The van der Waals surface area contributed by atoms with Crippen molar-refractivity contribution in [3.63, 3.8) is 0 Å². The summed E-state index contributed by atoms with van der Waals surface area (Å²) in [6.07, 6.45) is 0. The molecule has 1 aliphatic rings. The fourth-order valence-electron chi connectivity index (χ4n) is 4.05. The summed E-state index contributed by atoms with van der Waals surface area (Å²) in [4.78, 5) is 27.9. The third-order valence-electron chi connectivity index (χ3n) is 5.61. The number of nitrogens with zero attached hydrogens (tertiary/aromatic N) is 1. The maximum atomic E-state index is 13.3. The Morgan fingerprint density at radius 1 is 1.09 bits per heavy atom. The highest BCUT2D eigenvalue weighted by Crippen LogP contribution is 2.45. The number of aliphatic hydroxyl groups is 1. The molecule has 0 spiro atoms. The lowest BCUT2D eigenvalue weighted by Crippen LogP contribution is -2.29. The molecule has 35 heavy (non-hydrogen) atoms. The van der Waals surface area contributed by atoms with Crippen molar-refractivity contribution >= 4 is 34.7 Å². The number of carbonyl (C=O) groups excluding carboxylic acids is 2. The first-order valence-electron chi connectivity index (χ1n) is 10.8. The van der Waals surface area contributed by atoms with Crippen molar-refractivity contribution in [3.8, 4) is 17.2 Å². The molecule has 1 unspecified atom stereocenters. The Labute approximate surface area is 207 Å². The number of aliphatic hydroxyl groups excluding tert-OH is 1. The summed E-state index contributed by atoms with van der Waals surface area (Å²) in [6, 6.07) is 12.1. The van der Waals surface area contributed by atoms with E-state index in [4.69, 9.17) is 30.2 Å². The number of aryl methyl sites for hydroxylation is 1. The Hall–Kier alpha value is -3.91. The zero-order valence-corrected chi connectivity index (χ0v) is 20.4. The molecule has 2 aromatic carbocycles. The van der Waals surface area contributed by atoms with Crippen LogP contribution in [0.1, 0.15) is 30.0 Å². The number of methoxy groups -OCH3 is 2. The predicted molar refractivity (Wildman–Crippen MR) is 130 cm³/mol. The highest BCUT2D eigenvalue weighted by atomic mass is 35.5. The van der Waals surface area contributed by atoms with Crippen molar-refractivity contribution in [2.45, 2.75) is 19.9 Å². The first-order chi connectivity index (χ1) is 16.8. The number of amides is 1. The molecule has 1 aromatic heterocycles. The molecule has 8 nitrogen and oxygen atoms in total.